The van der Waals surface area contributed by atoms with Gasteiger partial charge in [-0.1, -0.05) is 37.3 Å². The number of benzene rings is 1. The Morgan fingerprint density at radius 2 is 2.06 bits per heavy atom. The zero-order valence-electron chi connectivity index (χ0n) is 10.5. The monoisotopic (exact) mass is 231 g/mol. The first kappa shape index (κ1) is 12.1. The first-order valence-electron chi connectivity index (χ1n) is 6.40. The predicted octanol–water partition coefficient (Wildman–Crippen LogP) is 1.88. The van der Waals surface area contributed by atoms with Crippen molar-refractivity contribution >= 4 is 5.84 Å². The van der Waals surface area contributed by atoms with Crippen molar-refractivity contribution in [3.8, 4) is 0 Å². The smallest absolute Gasteiger partial charge is 0.125 e. The fourth-order valence-corrected chi connectivity index (χ4v) is 2.04. The van der Waals surface area contributed by atoms with Crippen molar-refractivity contribution in [2.24, 2.45) is 10.7 Å². The Labute approximate surface area is 103 Å². The molecule has 1 aromatic carbocycles. The molecule has 1 aliphatic rings. The molecule has 92 valence electrons. The number of rotatable bonds is 6. The van der Waals surface area contributed by atoms with E-state index in [1.54, 1.807) is 0 Å². The van der Waals surface area contributed by atoms with Crippen LogP contribution in [0.5, 0.6) is 0 Å². The molecule has 0 bridgehead atoms. The Morgan fingerprint density at radius 3 is 2.65 bits per heavy atom. The van der Waals surface area contributed by atoms with E-state index in [1.165, 1.54) is 12.8 Å². The Morgan fingerprint density at radius 1 is 1.35 bits per heavy atom. The number of nitrogens with two attached hydrogens (primary N) is 1. The van der Waals surface area contributed by atoms with Crippen molar-refractivity contribution in [3.05, 3.63) is 35.9 Å². The van der Waals surface area contributed by atoms with E-state index < -0.39 is 0 Å². The first-order chi connectivity index (χ1) is 8.31. The molecule has 3 heteroatoms. The van der Waals surface area contributed by atoms with Crippen LogP contribution in [0.1, 0.15) is 25.3 Å². The molecule has 1 saturated carbocycles. The second-order valence-corrected chi connectivity index (χ2v) is 4.49. The van der Waals surface area contributed by atoms with Crippen molar-refractivity contribution in [2.75, 3.05) is 19.6 Å². The summed E-state index contributed by atoms with van der Waals surface area (Å²) in [5.74, 6) is 0.650. The summed E-state index contributed by atoms with van der Waals surface area (Å²) in [7, 11) is 0. The Balaban J connectivity index is 1.83. The average Bonchev–Trinajstić information content (AvgIpc) is 3.20. The molecule has 0 atom stereocenters. The van der Waals surface area contributed by atoms with Gasteiger partial charge in [-0.05, 0) is 19.4 Å². The van der Waals surface area contributed by atoms with Crippen molar-refractivity contribution in [3.63, 3.8) is 0 Å². The fraction of sp³-hybridized carbons (Fsp3) is 0.500. The van der Waals surface area contributed by atoms with E-state index in [2.05, 4.69) is 16.8 Å². The summed E-state index contributed by atoms with van der Waals surface area (Å²) in [5, 5.41) is 0. The third kappa shape index (κ3) is 3.56. The quantitative estimate of drug-likeness (QED) is 0.600. The summed E-state index contributed by atoms with van der Waals surface area (Å²) in [6, 6.07) is 10.8. The van der Waals surface area contributed by atoms with Crippen LogP contribution in [0.4, 0.5) is 0 Å². The van der Waals surface area contributed by atoms with Gasteiger partial charge >= 0.3 is 0 Å². The highest BCUT2D eigenvalue weighted by atomic mass is 15.2. The molecule has 0 aromatic heterocycles. The lowest BCUT2D eigenvalue weighted by Gasteiger charge is -2.18. The average molecular weight is 231 g/mol. The van der Waals surface area contributed by atoms with Crippen LogP contribution in [0.3, 0.4) is 0 Å². The van der Waals surface area contributed by atoms with Crippen LogP contribution in [-0.2, 0) is 0 Å². The lowest BCUT2D eigenvalue weighted by Crippen LogP contribution is -2.29. The molecule has 0 radical (unpaired) electrons. The van der Waals surface area contributed by atoms with Crippen LogP contribution in [0, 0.1) is 0 Å². The molecule has 1 aliphatic carbocycles. The minimum absolute atomic E-state index is 0.650. The third-order valence-electron chi connectivity index (χ3n) is 3.21. The van der Waals surface area contributed by atoms with Gasteiger partial charge in [0.05, 0.1) is 6.54 Å². The first-order valence-corrected chi connectivity index (χ1v) is 6.40. The Kier molecular flexibility index (Phi) is 4.15. The molecular weight excluding hydrogens is 210 g/mol. The van der Waals surface area contributed by atoms with Crippen molar-refractivity contribution < 1.29 is 0 Å². The van der Waals surface area contributed by atoms with Crippen molar-refractivity contribution in [1.82, 2.24) is 4.90 Å². The maximum Gasteiger partial charge on any atom is 0.125 e. The lowest BCUT2D eigenvalue weighted by molar-refractivity contribution is 0.286. The number of nitrogens with zero attached hydrogens (tertiary/aromatic N) is 2. The third-order valence-corrected chi connectivity index (χ3v) is 3.21. The van der Waals surface area contributed by atoms with Crippen molar-refractivity contribution in [1.29, 1.82) is 0 Å². The second-order valence-electron chi connectivity index (χ2n) is 4.49. The molecule has 1 fully saturated rings. The van der Waals surface area contributed by atoms with Gasteiger partial charge < -0.3 is 5.73 Å². The molecule has 0 spiro atoms. The van der Waals surface area contributed by atoms with E-state index in [-0.39, 0.29) is 0 Å². The SMILES string of the molecule is CCN(CCN=C(N)c1ccccc1)C1CC1. The van der Waals surface area contributed by atoms with E-state index >= 15 is 0 Å². The van der Waals surface area contributed by atoms with Crippen molar-refractivity contribution in [2.45, 2.75) is 25.8 Å². The van der Waals surface area contributed by atoms with E-state index in [1.807, 2.05) is 30.3 Å². The molecule has 2 rings (SSSR count). The highest BCUT2D eigenvalue weighted by molar-refractivity contribution is 5.97. The predicted molar refractivity (Wildman–Crippen MR) is 72.3 cm³/mol. The van der Waals surface area contributed by atoms with Crippen LogP contribution in [0.15, 0.2) is 35.3 Å². The molecular formula is C14H21N3. The summed E-state index contributed by atoms with van der Waals surface area (Å²) in [4.78, 5) is 6.93. The molecule has 0 unspecified atom stereocenters. The summed E-state index contributed by atoms with van der Waals surface area (Å²) in [6.45, 7) is 5.15. The fourth-order valence-electron chi connectivity index (χ4n) is 2.04. The zero-order valence-corrected chi connectivity index (χ0v) is 10.5. The number of hydrogen-bond donors (Lipinski definition) is 1. The van der Waals surface area contributed by atoms with Crippen LogP contribution >= 0.6 is 0 Å². The molecule has 0 aliphatic heterocycles. The maximum absolute atomic E-state index is 5.95. The minimum Gasteiger partial charge on any atom is -0.384 e. The normalized spacial score (nSPS) is 16.5. The molecule has 1 aromatic rings. The molecule has 2 N–H and O–H groups in total. The van der Waals surface area contributed by atoms with Gasteiger partial charge in [0, 0.05) is 18.2 Å². The molecule has 17 heavy (non-hydrogen) atoms. The summed E-state index contributed by atoms with van der Waals surface area (Å²) >= 11 is 0. The van der Waals surface area contributed by atoms with E-state index in [9.17, 15) is 0 Å². The van der Waals surface area contributed by atoms with Gasteiger partial charge in [-0.25, -0.2) is 0 Å². The van der Waals surface area contributed by atoms with Gasteiger partial charge in [-0.15, -0.1) is 0 Å². The lowest BCUT2D eigenvalue weighted by atomic mass is 10.2. The Bertz CT molecular complexity index is 368. The molecule has 0 saturated heterocycles. The van der Waals surface area contributed by atoms with Crippen LogP contribution in [-0.4, -0.2) is 36.4 Å². The zero-order chi connectivity index (χ0) is 12.1. The van der Waals surface area contributed by atoms with Crippen LogP contribution in [0.2, 0.25) is 0 Å². The van der Waals surface area contributed by atoms with Gasteiger partial charge in [0.2, 0.25) is 0 Å². The largest absolute Gasteiger partial charge is 0.384 e. The van der Waals surface area contributed by atoms with E-state index in [4.69, 9.17) is 5.73 Å². The van der Waals surface area contributed by atoms with Crippen LogP contribution < -0.4 is 5.73 Å². The van der Waals surface area contributed by atoms with E-state index in [0.29, 0.717) is 5.84 Å². The van der Waals surface area contributed by atoms with Gasteiger partial charge in [-0.2, -0.15) is 0 Å². The number of amidine groups is 1. The van der Waals surface area contributed by atoms with Crippen LogP contribution in [0.25, 0.3) is 0 Å². The highest BCUT2D eigenvalue weighted by Crippen LogP contribution is 2.25. The maximum atomic E-state index is 5.95. The molecule has 0 heterocycles. The number of likely N-dealkylation sites (N-methyl/N-ethyl adjacent to an activating group) is 1. The summed E-state index contributed by atoms with van der Waals surface area (Å²) in [5.41, 5.74) is 6.96. The van der Waals surface area contributed by atoms with E-state index in [0.717, 1.165) is 31.2 Å². The number of aliphatic imine (C=N–C) groups is 1. The van der Waals surface area contributed by atoms with Gasteiger partial charge in [0.25, 0.3) is 0 Å². The van der Waals surface area contributed by atoms with Gasteiger partial charge in [0.15, 0.2) is 0 Å². The highest BCUT2D eigenvalue weighted by Gasteiger charge is 2.26. The standard InChI is InChI=1S/C14H21N3/c1-2-17(13-8-9-13)11-10-16-14(15)12-6-4-3-5-7-12/h3-7,13H,2,8-11H2,1H3,(H2,15,16). The Hall–Kier alpha value is -1.35. The summed E-state index contributed by atoms with van der Waals surface area (Å²) < 4.78 is 0. The second kappa shape index (κ2) is 5.82. The summed E-state index contributed by atoms with van der Waals surface area (Å²) in [6.07, 6.45) is 2.71. The molecule has 0 amide bonds. The number of hydrogen-bond acceptors (Lipinski definition) is 2. The van der Waals surface area contributed by atoms with Gasteiger partial charge in [-0.3, -0.25) is 9.89 Å². The molecule has 3 nitrogen and oxygen atoms in total. The minimum atomic E-state index is 0.650. The van der Waals surface area contributed by atoms with Gasteiger partial charge in [0.1, 0.15) is 5.84 Å². The topological polar surface area (TPSA) is 41.6 Å².